The molecule has 2 aromatic carbocycles. The van der Waals surface area contributed by atoms with Crippen LogP contribution in [0.2, 0.25) is 5.02 Å². The van der Waals surface area contributed by atoms with E-state index in [-0.39, 0.29) is 11.9 Å². The van der Waals surface area contributed by atoms with Gasteiger partial charge in [0.1, 0.15) is 12.4 Å². The van der Waals surface area contributed by atoms with Crippen molar-refractivity contribution in [2.75, 3.05) is 13.6 Å². The molecule has 0 spiro atoms. The van der Waals surface area contributed by atoms with E-state index in [1.165, 1.54) is 0 Å². The zero-order chi connectivity index (χ0) is 16.7. The lowest BCUT2D eigenvalue weighted by molar-refractivity contribution is 0.0946. The van der Waals surface area contributed by atoms with Crippen molar-refractivity contribution < 1.29 is 9.53 Å². The van der Waals surface area contributed by atoms with Crippen molar-refractivity contribution in [2.24, 2.45) is 0 Å². The number of likely N-dealkylation sites (N-methyl/N-ethyl adjacent to an activating group) is 1. The van der Waals surface area contributed by atoms with Crippen LogP contribution in [-0.2, 0) is 6.61 Å². The van der Waals surface area contributed by atoms with Crippen molar-refractivity contribution in [1.82, 2.24) is 10.6 Å². The summed E-state index contributed by atoms with van der Waals surface area (Å²) in [5, 5.41) is 6.66. The number of hydrogen-bond acceptors (Lipinski definition) is 3. The molecule has 0 fully saturated rings. The Morgan fingerprint density at radius 1 is 1.17 bits per heavy atom. The number of halogens is 1. The predicted octanol–water partition coefficient (Wildman–Crippen LogP) is 3.26. The number of nitrogens with one attached hydrogen (secondary N) is 2. The summed E-state index contributed by atoms with van der Waals surface area (Å²) in [6.45, 7) is 2.94. The third kappa shape index (κ3) is 5.27. The third-order valence-corrected chi connectivity index (χ3v) is 3.75. The van der Waals surface area contributed by atoms with Gasteiger partial charge in [0.15, 0.2) is 0 Å². The Labute approximate surface area is 141 Å². The molecule has 1 amide bonds. The minimum Gasteiger partial charge on any atom is -0.488 e. The molecule has 1 unspecified atom stereocenters. The first-order valence-corrected chi connectivity index (χ1v) is 7.89. The topological polar surface area (TPSA) is 50.4 Å². The van der Waals surface area contributed by atoms with Gasteiger partial charge in [0.2, 0.25) is 0 Å². The van der Waals surface area contributed by atoms with Crippen molar-refractivity contribution in [1.29, 1.82) is 0 Å². The van der Waals surface area contributed by atoms with E-state index in [2.05, 4.69) is 10.6 Å². The predicted molar refractivity (Wildman–Crippen MR) is 93.1 cm³/mol. The lowest BCUT2D eigenvalue weighted by Crippen LogP contribution is -2.37. The normalized spacial score (nSPS) is 11.8. The minimum absolute atomic E-state index is 0.140. The summed E-state index contributed by atoms with van der Waals surface area (Å²) in [6.07, 6.45) is 0. The van der Waals surface area contributed by atoms with Crippen LogP contribution in [0.1, 0.15) is 22.8 Å². The maximum Gasteiger partial charge on any atom is 0.255 e. The zero-order valence-corrected chi connectivity index (χ0v) is 14.1. The van der Waals surface area contributed by atoms with E-state index >= 15 is 0 Å². The first kappa shape index (κ1) is 17.3. The van der Waals surface area contributed by atoms with Crippen molar-refractivity contribution in [3.63, 3.8) is 0 Å². The first-order valence-electron chi connectivity index (χ1n) is 7.52. The number of rotatable bonds is 7. The van der Waals surface area contributed by atoms with E-state index in [9.17, 15) is 4.79 Å². The van der Waals surface area contributed by atoms with E-state index in [1.54, 1.807) is 12.1 Å². The average molecular weight is 333 g/mol. The van der Waals surface area contributed by atoms with Crippen LogP contribution in [0.5, 0.6) is 5.75 Å². The van der Waals surface area contributed by atoms with Gasteiger partial charge in [-0.1, -0.05) is 35.9 Å². The van der Waals surface area contributed by atoms with Crippen LogP contribution in [0.15, 0.2) is 48.5 Å². The molecule has 0 aliphatic heterocycles. The molecule has 23 heavy (non-hydrogen) atoms. The second kappa shape index (κ2) is 8.56. The van der Waals surface area contributed by atoms with Gasteiger partial charge < -0.3 is 15.4 Å². The van der Waals surface area contributed by atoms with Gasteiger partial charge in [-0.25, -0.2) is 0 Å². The van der Waals surface area contributed by atoms with Gasteiger partial charge in [-0.15, -0.1) is 0 Å². The first-order chi connectivity index (χ1) is 11.1. The molecule has 0 aliphatic rings. The van der Waals surface area contributed by atoms with Crippen molar-refractivity contribution in [3.8, 4) is 5.75 Å². The zero-order valence-electron chi connectivity index (χ0n) is 13.3. The summed E-state index contributed by atoms with van der Waals surface area (Å²) >= 11 is 5.87. The molecule has 2 rings (SSSR count). The minimum atomic E-state index is -0.140. The van der Waals surface area contributed by atoms with Gasteiger partial charge in [-0.3, -0.25) is 4.79 Å². The molecular weight excluding hydrogens is 312 g/mol. The van der Waals surface area contributed by atoms with Gasteiger partial charge in [-0.05, 0) is 43.8 Å². The van der Waals surface area contributed by atoms with Gasteiger partial charge in [-0.2, -0.15) is 0 Å². The van der Waals surface area contributed by atoms with Gasteiger partial charge >= 0.3 is 0 Å². The molecule has 0 heterocycles. The monoisotopic (exact) mass is 332 g/mol. The molecule has 0 aliphatic carbocycles. The molecule has 0 bridgehead atoms. The molecule has 2 N–H and O–H groups in total. The molecule has 4 nitrogen and oxygen atoms in total. The van der Waals surface area contributed by atoms with E-state index in [0.717, 1.165) is 5.56 Å². The Kier molecular flexibility index (Phi) is 6.44. The van der Waals surface area contributed by atoms with Crippen LogP contribution in [-0.4, -0.2) is 25.5 Å². The Balaban J connectivity index is 2.02. The number of ether oxygens (including phenoxy) is 1. The molecule has 0 radical (unpaired) electrons. The van der Waals surface area contributed by atoms with Crippen molar-refractivity contribution in [3.05, 3.63) is 64.7 Å². The van der Waals surface area contributed by atoms with Crippen LogP contribution >= 0.6 is 11.6 Å². The highest BCUT2D eigenvalue weighted by atomic mass is 35.5. The van der Waals surface area contributed by atoms with Crippen LogP contribution < -0.4 is 15.4 Å². The maximum absolute atomic E-state index is 12.3. The highest BCUT2D eigenvalue weighted by Gasteiger charge is 2.12. The van der Waals surface area contributed by atoms with E-state index in [1.807, 2.05) is 50.4 Å². The van der Waals surface area contributed by atoms with Gasteiger partial charge in [0.25, 0.3) is 5.91 Å². The Hall–Kier alpha value is -2.04. The Morgan fingerprint density at radius 3 is 2.57 bits per heavy atom. The largest absolute Gasteiger partial charge is 0.488 e. The second-order valence-electron chi connectivity index (χ2n) is 5.31. The van der Waals surface area contributed by atoms with E-state index in [4.69, 9.17) is 16.3 Å². The smallest absolute Gasteiger partial charge is 0.255 e. The molecular formula is C18H21ClN2O2. The molecule has 0 saturated heterocycles. The van der Waals surface area contributed by atoms with Crippen molar-refractivity contribution >= 4 is 17.5 Å². The number of hydrogen-bond donors (Lipinski definition) is 2. The molecule has 1 atom stereocenters. The standard InChI is InChI=1S/C18H21ClN2O2/c1-13(20-2)11-21-18(22)16-5-3-4-6-17(16)23-12-14-7-9-15(19)10-8-14/h3-10,13,20H,11-12H2,1-2H3,(H,21,22). The number of benzene rings is 2. The second-order valence-corrected chi connectivity index (χ2v) is 5.75. The van der Waals surface area contributed by atoms with E-state index < -0.39 is 0 Å². The summed E-state index contributed by atoms with van der Waals surface area (Å²) in [4.78, 5) is 12.3. The highest BCUT2D eigenvalue weighted by molar-refractivity contribution is 6.30. The van der Waals surface area contributed by atoms with Crippen LogP contribution in [0.25, 0.3) is 0 Å². The van der Waals surface area contributed by atoms with Crippen molar-refractivity contribution in [2.45, 2.75) is 19.6 Å². The number of carbonyl (C=O) groups is 1. The number of amides is 1. The van der Waals surface area contributed by atoms with Crippen LogP contribution in [0.3, 0.4) is 0 Å². The lowest BCUT2D eigenvalue weighted by atomic mass is 10.1. The summed E-state index contributed by atoms with van der Waals surface area (Å²) < 4.78 is 5.80. The highest BCUT2D eigenvalue weighted by Crippen LogP contribution is 2.20. The lowest BCUT2D eigenvalue weighted by Gasteiger charge is -2.14. The quantitative estimate of drug-likeness (QED) is 0.818. The van der Waals surface area contributed by atoms with Crippen LogP contribution in [0.4, 0.5) is 0 Å². The molecule has 0 aromatic heterocycles. The number of carbonyl (C=O) groups excluding carboxylic acids is 1. The Bertz CT molecular complexity index is 644. The number of para-hydroxylation sites is 1. The van der Waals surface area contributed by atoms with E-state index in [0.29, 0.717) is 29.5 Å². The Morgan fingerprint density at radius 2 is 1.87 bits per heavy atom. The molecule has 2 aromatic rings. The summed E-state index contributed by atoms with van der Waals surface area (Å²) in [5.74, 6) is 0.427. The average Bonchev–Trinajstić information content (AvgIpc) is 2.59. The maximum atomic E-state index is 12.3. The molecule has 122 valence electrons. The molecule has 0 saturated carbocycles. The fourth-order valence-electron chi connectivity index (χ4n) is 1.96. The summed E-state index contributed by atoms with van der Waals surface area (Å²) in [5.41, 5.74) is 1.53. The van der Waals surface area contributed by atoms with Gasteiger partial charge in [0.05, 0.1) is 5.56 Å². The fraction of sp³-hybridized carbons (Fsp3) is 0.278. The third-order valence-electron chi connectivity index (χ3n) is 3.50. The van der Waals surface area contributed by atoms with Gasteiger partial charge in [0, 0.05) is 17.6 Å². The van der Waals surface area contributed by atoms with Crippen LogP contribution in [0, 0.1) is 0 Å². The summed E-state index contributed by atoms with van der Waals surface area (Å²) in [6, 6.07) is 14.9. The SMILES string of the molecule is CNC(C)CNC(=O)c1ccccc1OCc1ccc(Cl)cc1. The summed E-state index contributed by atoms with van der Waals surface area (Å²) in [7, 11) is 1.86. The fourth-order valence-corrected chi connectivity index (χ4v) is 2.09. The molecule has 5 heteroatoms.